The number of hydrogen-bond acceptors (Lipinski definition) is 4. The van der Waals surface area contributed by atoms with E-state index in [1.165, 1.54) is 4.90 Å². The van der Waals surface area contributed by atoms with E-state index in [9.17, 15) is 9.59 Å². The number of nitrogens with zero attached hydrogens (tertiary/aromatic N) is 2. The van der Waals surface area contributed by atoms with Crippen molar-refractivity contribution in [2.75, 3.05) is 36.6 Å². The van der Waals surface area contributed by atoms with Crippen molar-refractivity contribution in [3.8, 4) is 11.5 Å². The summed E-state index contributed by atoms with van der Waals surface area (Å²) < 4.78 is 10.6. The first-order chi connectivity index (χ1) is 12.6. The van der Waals surface area contributed by atoms with E-state index < -0.39 is 0 Å². The number of nitrogens with one attached hydrogen (secondary N) is 1. The van der Waals surface area contributed by atoms with Crippen LogP contribution in [0, 0.1) is 0 Å². The van der Waals surface area contributed by atoms with Crippen LogP contribution in [0.5, 0.6) is 11.5 Å². The summed E-state index contributed by atoms with van der Waals surface area (Å²) in [4.78, 5) is 28.0. The molecule has 134 valence electrons. The number of anilines is 2. The van der Waals surface area contributed by atoms with Gasteiger partial charge in [-0.25, -0.2) is 4.79 Å². The summed E-state index contributed by atoms with van der Waals surface area (Å²) in [6.07, 6.45) is 0. The zero-order chi connectivity index (χ0) is 18.1. The Morgan fingerprint density at radius 1 is 1.12 bits per heavy atom. The van der Waals surface area contributed by atoms with Crippen LogP contribution >= 0.6 is 11.6 Å². The van der Waals surface area contributed by atoms with E-state index in [1.807, 2.05) is 0 Å². The van der Waals surface area contributed by atoms with Gasteiger partial charge in [0.05, 0.1) is 0 Å². The maximum atomic E-state index is 12.6. The average Bonchev–Trinajstić information content (AvgIpc) is 3.21. The minimum absolute atomic E-state index is 0.0214. The molecule has 2 aliphatic heterocycles. The fourth-order valence-corrected chi connectivity index (χ4v) is 3.15. The van der Waals surface area contributed by atoms with Crippen LogP contribution in [0.3, 0.4) is 0 Å². The third kappa shape index (κ3) is 3.25. The molecule has 1 N–H and O–H groups in total. The van der Waals surface area contributed by atoms with Crippen LogP contribution < -0.4 is 19.7 Å². The largest absolute Gasteiger partial charge is 0.454 e. The van der Waals surface area contributed by atoms with Gasteiger partial charge in [0, 0.05) is 35.6 Å². The smallest absolute Gasteiger partial charge is 0.325 e. The first-order valence-corrected chi connectivity index (χ1v) is 8.49. The van der Waals surface area contributed by atoms with Gasteiger partial charge in [-0.3, -0.25) is 9.69 Å². The average molecular weight is 374 g/mol. The Kier molecular flexibility index (Phi) is 4.30. The van der Waals surface area contributed by atoms with Gasteiger partial charge in [0.25, 0.3) is 0 Å². The Balaban J connectivity index is 1.40. The van der Waals surface area contributed by atoms with Gasteiger partial charge in [-0.1, -0.05) is 17.7 Å². The zero-order valence-corrected chi connectivity index (χ0v) is 14.5. The molecule has 0 aliphatic carbocycles. The molecule has 0 saturated carbocycles. The van der Waals surface area contributed by atoms with Crippen molar-refractivity contribution < 1.29 is 19.1 Å². The van der Waals surface area contributed by atoms with Crippen molar-refractivity contribution in [3.05, 3.63) is 47.5 Å². The molecule has 0 unspecified atom stereocenters. The van der Waals surface area contributed by atoms with Gasteiger partial charge in [0.2, 0.25) is 12.7 Å². The Hall–Kier alpha value is -2.93. The van der Waals surface area contributed by atoms with Crippen LogP contribution in [0.15, 0.2) is 42.5 Å². The molecule has 0 spiro atoms. The molecule has 1 fully saturated rings. The van der Waals surface area contributed by atoms with Crippen LogP contribution in [0.1, 0.15) is 0 Å². The number of hydrogen-bond donors (Lipinski definition) is 1. The summed E-state index contributed by atoms with van der Waals surface area (Å²) >= 11 is 5.91. The highest BCUT2D eigenvalue weighted by molar-refractivity contribution is 6.30. The second-order valence-corrected chi connectivity index (χ2v) is 6.39. The van der Waals surface area contributed by atoms with Crippen LogP contribution in [-0.4, -0.2) is 43.3 Å². The Morgan fingerprint density at radius 2 is 1.96 bits per heavy atom. The molecule has 2 aliphatic rings. The van der Waals surface area contributed by atoms with Crippen LogP contribution in [0.4, 0.5) is 16.2 Å². The molecule has 0 radical (unpaired) electrons. The quantitative estimate of drug-likeness (QED) is 0.894. The highest BCUT2D eigenvalue weighted by Crippen LogP contribution is 2.36. The maximum Gasteiger partial charge on any atom is 0.325 e. The lowest BCUT2D eigenvalue weighted by Crippen LogP contribution is -2.37. The number of carbonyl (C=O) groups is 2. The topological polar surface area (TPSA) is 71.1 Å². The van der Waals surface area contributed by atoms with E-state index in [0.29, 0.717) is 35.3 Å². The number of halogens is 1. The summed E-state index contributed by atoms with van der Waals surface area (Å²) in [5.41, 5.74) is 1.32. The van der Waals surface area contributed by atoms with Gasteiger partial charge in [0.1, 0.15) is 6.54 Å². The molecule has 2 heterocycles. The Bertz CT molecular complexity index is 873. The minimum atomic E-state index is -0.270. The van der Waals surface area contributed by atoms with E-state index in [4.69, 9.17) is 21.1 Å². The van der Waals surface area contributed by atoms with E-state index in [1.54, 1.807) is 47.4 Å². The second-order valence-electron chi connectivity index (χ2n) is 5.95. The lowest BCUT2D eigenvalue weighted by atomic mass is 10.2. The van der Waals surface area contributed by atoms with Crippen molar-refractivity contribution in [1.29, 1.82) is 0 Å². The van der Waals surface area contributed by atoms with Crippen molar-refractivity contribution in [2.45, 2.75) is 0 Å². The first-order valence-electron chi connectivity index (χ1n) is 8.12. The Labute approximate surface area is 155 Å². The highest BCUT2D eigenvalue weighted by atomic mass is 35.5. The molecule has 1 saturated heterocycles. The van der Waals surface area contributed by atoms with Crippen LogP contribution in [0.2, 0.25) is 5.02 Å². The number of rotatable bonds is 4. The predicted octanol–water partition coefficient (Wildman–Crippen LogP) is 2.95. The zero-order valence-electron chi connectivity index (χ0n) is 13.8. The molecule has 0 atom stereocenters. The molecule has 2 aromatic rings. The monoisotopic (exact) mass is 373 g/mol. The molecule has 3 amide bonds. The number of ether oxygens (including phenoxy) is 2. The van der Waals surface area contributed by atoms with E-state index >= 15 is 0 Å². The maximum absolute atomic E-state index is 12.6. The van der Waals surface area contributed by atoms with Gasteiger partial charge < -0.3 is 19.7 Å². The molecule has 0 aromatic heterocycles. The molecular weight excluding hydrogens is 358 g/mol. The molecule has 0 bridgehead atoms. The summed E-state index contributed by atoms with van der Waals surface area (Å²) in [6, 6.07) is 12.0. The Morgan fingerprint density at radius 3 is 2.81 bits per heavy atom. The van der Waals surface area contributed by atoms with Gasteiger partial charge >= 0.3 is 6.03 Å². The third-order valence-corrected chi connectivity index (χ3v) is 4.44. The lowest BCUT2D eigenvalue weighted by Gasteiger charge is -2.18. The number of benzene rings is 2. The van der Waals surface area contributed by atoms with Crippen molar-refractivity contribution in [2.24, 2.45) is 0 Å². The molecule has 2 aromatic carbocycles. The summed E-state index contributed by atoms with van der Waals surface area (Å²) in [5.74, 6) is 1.01. The number of amides is 3. The summed E-state index contributed by atoms with van der Waals surface area (Å²) in [5, 5.41) is 3.28. The van der Waals surface area contributed by atoms with Crippen LogP contribution in [-0.2, 0) is 4.79 Å². The highest BCUT2D eigenvalue weighted by Gasteiger charge is 2.31. The SMILES string of the molecule is O=C(CN1CCN(c2ccc3c(c2)OCO3)C1=O)Nc1cccc(Cl)c1. The van der Waals surface area contributed by atoms with Gasteiger partial charge in [-0.05, 0) is 30.3 Å². The van der Waals surface area contributed by atoms with E-state index in [2.05, 4.69) is 5.32 Å². The van der Waals surface area contributed by atoms with Gasteiger partial charge in [0.15, 0.2) is 11.5 Å². The third-order valence-electron chi connectivity index (χ3n) is 4.21. The molecule has 4 rings (SSSR count). The van der Waals surface area contributed by atoms with Crippen molar-refractivity contribution in [3.63, 3.8) is 0 Å². The normalized spacial score (nSPS) is 15.5. The standard InChI is InChI=1S/C18H16ClN3O4/c19-12-2-1-3-13(8-12)20-17(23)10-21-6-7-22(18(21)24)14-4-5-15-16(9-14)26-11-25-15/h1-5,8-9H,6-7,10-11H2,(H,20,23). The van der Waals surface area contributed by atoms with Crippen LogP contribution in [0.25, 0.3) is 0 Å². The second kappa shape index (κ2) is 6.76. The summed E-state index contributed by atoms with van der Waals surface area (Å²) in [6.45, 7) is 1.13. The summed E-state index contributed by atoms with van der Waals surface area (Å²) in [7, 11) is 0. The number of carbonyl (C=O) groups excluding carboxylic acids is 2. The number of urea groups is 1. The molecule has 7 nitrogen and oxygen atoms in total. The van der Waals surface area contributed by atoms with Crippen molar-refractivity contribution in [1.82, 2.24) is 4.90 Å². The molecule has 8 heteroatoms. The predicted molar refractivity (Wildman–Crippen MR) is 97.0 cm³/mol. The molecule has 26 heavy (non-hydrogen) atoms. The van der Waals surface area contributed by atoms with E-state index in [0.717, 1.165) is 5.69 Å². The lowest BCUT2D eigenvalue weighted by molar-refractivity contribution is -0.116. The van der Waals surface area contributed by atoms with Gasteiger partial charge in [-0.2, -0.15) is 0 Å². The minimum Gasteiger partial charge on any atom is -0.454 e. The van der Waals surface area contributed by atoms with Crippen molar-refractivity contribution >= 4 is 34.9 Å². The fourth-order valence-electron chi connectivity index (χ4n) is 2.96. The van der Waals surface area contributed by atoms with Gasteiger partial charge in [-0.15, -0.1) is 0 Å². The van der Waals surface area contributed by atoms with E-state index in [-0.39, 0.29) is 25.3 Å². The molecular formula is C18H16ClN3O4. The number of fused-ring (bicyclic) bond motifs is 1. The first kappa shape index (κ1) is 16.5. The fraction of sp³-hybridized carbons (Fsp3) is 0.222.